The predicted octanol–water partition coefficient (Wildman–Crippen LogP) is 5.99. The van der Waals surface area contributed by atoms with Crippen molar-refractivity contribution in [3.63, 3.8) is 0 Å². The van der Waals surface area contributed by atoms with E-state index in [1.807, 2.05) is 6.92 Å². The van der Waals surface area contributed by atoms with E-state index in [4.69, 9.17) is 0 Å². The first-order valence-electron chi connectivity index (χ1n) is 10.9. The van der Waals surface area contributed by atoms with E-state index in [0.29, 0.717) is 31.0 Å². The normalized spacial score (nSPS) is 24.5. The smallest absolute Gasteiger partial charge is 0.352 e. The van der Waals surface area contributed by atoms with Crippen molar-refractivity contribution in [2.45, 2.75) is 82.9 Å². The number of alkyl halides is 6. The van der Waals surface area contributed by atoms with Gasteiger partial charge >= 0.3 is 12.4 Å². The number of nitrogens with one attached hydrogen (secondary N) is 2. The second-order valence-electron chi connectivity index (χ2n) is 8.73. The highest BCUT2D eigenvalue weighted by Crippen LogP contribution is 2.36. The zero-order chi connectivity index (χ0) is 23.5. The number of amides is 1. The zero-order valence-corrected chi connectivity index (χ0v) is 17.9. The van der Waals surface area contributed by atoms with Crippen molar-refractivity contribution in [2.24, 2.45) is 5.92 Å². The summed E-state index contributed by atoms with van der Waals surface area (Å²) in [6.07, 6.45) is -1.30. The average Bonchev–Trinajstić information content (AvgIpc) is 3.19. The van der Waals surface area contributed by atoms with Crippen molar-refractivity contribution in [3.8, 4) is 0 Å². The number of halogens is 6. The van der Waals surface area contributed by atoms with Crippen LogP contribution in [0.3, 0.4) is 0 Å². The predicted molar refractivity (Wildman–Crippen MR) is 109 cm³/mol. The van der Waals surface area contributed by atoms with Gasteiger partial charge in [0.1, 0.15) is 0 Å². The van der Waals surface area contributed by atoms with Crippen LogP contribution in [0.15, 0.2) is 29.8 Å². The molecule has 0 aromatic heterocycles. The van der Waals surface area contributed by atoms with Crippen LogP contribution in [0, 0.1) is 5.92 Å². The molecular weight excluding hydrogens is 434 g/mol. The largest absolute Gasteiger partial charge is 0.416 e. The fraction of sp³-hybridized carbons (Fsp3) is 0.609. The van der Waals surface area contributed by atoms with Crippen LogP contribution in [0.1, 0.15) is 68.6 Å². The van der Waals surface area contributed by atoms with Crippen LogP contribution in [0.25, 0.3) is 0 Å². The molecule has 0 radical (unpaired) electrons. The Morgan fingerprint density at radius 2 is 1.53 bits per heavy atom. The third-order valence-corrected chi connectivity index (χ3v) is 6.43. The summed E-state index contributed by atoms with van der Waals surface area (Å²) in [5.41, 5.74) is -1.52. The monoisotopic (exact) mass is 462 g/mol. The Hall–Kier alpha value is -2.03. The topological polar surface area (TPSA) is 41.1 Å². The molecule has 32 heavy (non-hydrogen) atoms. The first kappa shape index (κ1) is 24.6. The highest BCUT2D eigenvalue weighted by molar-refractivity contribution is 5.79. The van der Waals surface area contributed by atoms with E-state index in [1.165, 1.54) is 5.57 Å². The van der Waals surface area contributed by atoms with Gasteiger partial charge in [-0.2, -0.15) is 26.3 Å². The molecule has 3 rings (SSSR count). The quantitative estimate of drug-likeness (QED) is 0.417. The Bertz CT molecular complexity index is 804. The maximum atomic E-state index is 13.0. The zero-order valence-electron chi connectivity index (χ0n) is 17.9. The van der Waals surface area contributed by atoms with Gasteiger partial charge in [0.25, 0.3) is 0 Å². The molecule has 1 amide bonds. The summed E-state index contributed by atoms with van der Waals surface area (Å²) in [7, 11) is 0. The van der Waals surface area contributed by atoms with Crippen molar-refractivity contribution in [1.29, 1.82) is 0 Å². The molecule has 2 saturated carbocycles. The van der Waals surface area contributed by atoms with Crippen molar-refractivity contribution < 1.29 is 31.1 Å². The number of benzene rings is 1. The minimum Gasteiger partial charge on any atom is -0.352 e. The van der Waals surface area contributed by atoms with Gasteiger partial charge in [0.15, 0.2) is 0 Å². The molecule has 0 heterocycles. The first-order chi connectivity index (χ1) is 15.0. The summed E-state index contributed by atoms with van der Waals surface area (Å²) in [6.45, 7) is 1.67. The van der Waals surface area contributed by atoms with Gasteiger partial charge in [0, 0.05) is 24.5 Å². The number of carbonyl (C=O) groups excluding carboxylic acids is 1. The molecule has 3 nitrogen and oxygen atoms in total. The van der Waals surface area contributed by atoms with Gasteiger partial charge in [-0.1, -0.05) is 11.6 Å². The Morgan fingerprint density at radius 3 is 2.06 bits per heavy atom. The van der Waals surface area contributed by atoms with Gasteiger partial charge in [-0.05, 0) is 75.6 Å². The van der Waals surface area contributed by atoms with Gasteiger partial charge in [0.2, 0.25) is 5.91 Å². The number of carbonyl (C=O) groups is 1. The van der Waals surface area contributed by atoms with Crippen LogP contribution in [0.2, 0.25) is 0 Å². The van der Waals surface area contributed by atoms with Crippen molar-refractivity contribution in [3.05, 3.63) is 46.5 Å². The Balaban J connectivity index is 1.54. The van der Waals surface area contributed by atoms with E-state index >= 15 is 0 Å². The molecule has 0 aliphatic heterocycles. The lowest BCUT2D eigenvalue weighted by atomic mass is 9.90. The van der Waals surface area contributed by atoms with Crippen LogP contribution in [0.4, 0.5) is 26.3 Å². The minimum atomic E-state index is -4.91. The minimum absolute atomic E-state index is 0.0864. The summed E-state index contributed by atoms with van der Waals surface area (Å²) in [4.78, 5) is 12.5. The molecule has 178 valence electrons. The number of hydrogen-bond donors (Lipinski definition) is 2. The molecule has 0 bridgehead atoms. The Morgan fingerprint density at radius 1 is 0.938 bits per heavy atom. The molecule has 2 atom stereocenters. The molecule has 2 unspecified atom stereocenters. The van der Waals surface area contributed by atoms with E-state index in [-0.39, 0.29) is 36.0 Å². The van der Waals surface area contributed by atoms with Gasteiger partial charge in [-0.25, -0.2) is 0 Å². The molecule has 2 fully saturated rings. The van der Waals surface area contributed by atoms with Crippen molar-refractivity contribution >= 4 is 5.91 Å². The maximum absolute atomic E-state index is 13.0. The number of allylic oxidation sites excluding steroid dienone is 2. The molecule has 0 spiro atoms. The third-order valence-electron chi connectivity index (χ3n) is 6.43. The first-order valence-corrected chi connectivity index (χ1v) is 10.9. The van der Waals surface area contributed by atoms with E-state index in [2.05, 4.69) is 16.7 Å². The lowest BCUT2D eigenvalue weighted by molar-refractivity contribution is -0.143. The standard InChI is InChI=1S/C23H28F6N2O/c1-2-14-3-6-19(7-4-14)31-20-8-5-16(11-20)21(32)30-13-15-9-17(22(24,25)26)12-18(10-15)23(27,28)29/h2,9-10,12,16,19-20,31H,3-8,11,13H2,1H3,(H,30,32). The van der Waals surface area contributed by atoms with Crippen LogP contribution in [0.5, 0.6) is 0 Å². The van der Waals surface area contributed by atoms with Crippen molar-refractivity contribution in [2.75, 3.05) is 0 Å². The SMILES string of the molecule is CC=C1CCC(NC2CCC(C(=O)NCc3cc(C(F)(F)F)cc(C(F)(F)F)c3)C2)CC1. The van der Waals surface area contributed by atoms with Crippen molar-refractivity contribution in [1.82, 2.24) is 10.6 Å². The molecule has 9 heteroatoms. The third kappa shape index (κ3) is 6.49. The van der Waals surface area contributed by atoms with Gasteiger partial charge in [-0.3, -0.25) is 4.79 Å². The van der Waals surface area contributed by atoms with Gasteiger partial charge in [0.05, 0.1) is 11.1 Å². The fourth-order valence-electron chi connectivity index (χ4n) is 4.60. The highest BCUT2D eigenvalue weighted by Gasteiger charge is 2.37. The number of rotatable bonds is 5. The lowest BCUT2D eigenvalue weighted by Gasteiger charge is -2.28. The molecule has 0 saturated heterocycles. The second-order valence-corrected chi connectivity index (χ2v) is 8.73. The molecular formula is C23H28F6N2O. The Labute approximate surface area is 183 Å². The van der Waals surface area contributed by atoms with Gasteiger partial charge < -0.3 is 10.6 Å². The molecule has 1 aromatic carbocycles. The highest BCUT2D eigenvalue weighted by atomic mass is 19.4. The van der Waals surface area contributed by atoms with E-state index in [0.717, 1.165) is 32.1 Å². The van der Waals surface area contributed by atoms with E-state index in [9.17, 15) is 31.1 Å². The summed E-state index contributed by atoms with van der Waals surface area (Å²) >= 11 is 0. The lowest BCUT2D eigenvalue weighted by Crippen LogP contribution is -2.39. The molecule has 2 N–H and O–H groups in total. The van der Waals surface area contributed by atoms with Gasteiger partial charge in [-0.15, -0.1) is 0 Å². The molecule has 1 aromatic rings. The Kier molecular flexibility index (Phi) is 7.57. The summed E-state index contributed by atoms with van der Waals surface area (Å²) < 4.78 is 78.0. The fourth-order valence-corrected chi connectivity index (χ4v) is 4.60. The number of hydrogen-bond acceptors (Lipinski definition) is 2. The van der Waals surface area contributed by atoms with E-state index in [1.54, 1.807) is 0 Å². The molecule has 2 aliphatic carbocycles. The van der Waals surface area contributed by atoms with Crippen LogP contribution >= 0.6 is 0 Å². The molecule has 2 aliphatic rings. The van der Waals surface area contributed by atoms with Crippen LogP contribution in [-0.4, -0.2) is 18.0 Å². The summed E-state index contributed by atoms with van der Waals surface area (Å²) in [6, 6.07) is 2.00. The van der Waals surface area contributed by atoms with Crippen LogP contribution in [-0.2, 0) is 23.7 Å². The maximum Gasteiger partial charge on any atom is 0.416 e. The summed E-state index contributed by atoms with van der Waals surface area (Å²) in [5, 5.41) is 6.14. The van der Waals surface area contributed by atoms with E-state index < -0.39 is 23.5 Å². The summed E-state index contributed by atoms with van der Waals surface area (Å²) in [5.74, 6) is -0.629. The van der Waals surface area contributed by atoms with Crippen LogP contribution < -0.4 is 10.6 Å². The second kappa shape index (κ2) is 9.85. The average molecular weight is 462 g/mol.